The second-order valence-corrected chi connectivity index (χ2v) is 6.33. The summed E-state index contributed by atoms with van der Waals surface area (Å²) in [5, 5.41) is 6.18. The number of benzene rings is 1. The van der Waals surface area contributed by atoms with Crippen LogP contribution in [0.2, 0.25) is 0 Å². The van der Waals surface area contributed by atoms with Crippen molar-refractivity contribution >= 4 is 5.91 Å². The highest BCUT2D eigenvalue weighted by Crippen LogP contribution is 2.17. The number of rotatable bonds is 7. The van der Waals surface area contributed by atoms with E-state index in [1.165, 1.54) is 0 Å². The van der Waals surface area contributed by atoms with Gasteiger partial charge < -0.3 is 21.1 Å². The number of hydrogen-bond acceptors (Lipinski definition) is 4. The summed E-state index contributed by atoms with van der Waals surface area (Å²) in [6, 6.07) is 7.52. The Kier molecular flexibility index (Phi) is 8.30. The van der Waals surface area contributed by atoms with E-state index >= 15 is 0 Å². The van der Waals surface area contributed by atoms with Gasteiger partial charge in [0, 0.05) is 25.1 Å². The molecule has 136 valence electrons. The number of unbranched alkanes of at least 4 members (excludes halogenated alkanes) is 1. The monoisotopic (exact) mass is 343 g/mol. The molecule has 1 aliphatic rings. The standard InChI is InChI=1S/C20H29N3O2/c1-2-19(21)20(24)23-13-5-3-4-8-16-9-6-10-17(14-16)25-18-11-7-12-22-15-18/h6,9-10,14,18-19,22H,2-3,5,7,11-13,15,21H2,1H3,(H,23,24). The molecule has 4 N–H and O–H groups in total. The fraction of sp³-hybridized carbons (Fsp3) is 0.550. The quantitative estimate of drug-likeness (QED) is 0.521. The van der Waals surface area contributed by atoms with E-state index in [1.807, 2.05) is 31.2 Å². The van der Waals surface area contributed by atoms with Crippen molar-refractivity contribution in [1.29, 1.82) is 0 Å². The molecule has 0 radical (unpaired) electrons. The topological polar surface area (TPSA) is 76.4 Å². The van der Waals surface area contributed by atoms with Crippen molar-refractivity contribution in [3.05, 3.63) is 29.8 Å². The van der Waals surface area contributed by atoms with Gasteiger partial charge in [-0.3, -0.25) is 4.79 Å². The molecule has 0 saturated carbocycles. The van der Waals surface area contributed by atoms with Gasteiger partial charge in [-0.1, -0.05) is 24.8 Å². The smallest absolute Gasteiger partial charge is 0.236 e. The van der Waals surface area contributed by atoms with Gasteiger partial charge in [0.1, 0.15) is 11.9 Å². The van der Waals surface area contributed by atoms with E-state index in [1.54, 1.807) is 0 Å². The zero-order valence-corrected chi connectivity index (χ0v) is 15.0. The van der Waals surface area contributed by atoms with E-state index in [0.717, 1.165) is 50.1 Å². The van der Waals surface area contributed by atoms with E-state index in [9.17, 15) is 4.79 Å². The Bertz CT molecular complexity index is 600. The van der Waals surface area contributed by atoms with Crippen molar-refractivity contribution in [3.8, 4) is 17.6 Å². The fourth-order valence-corrected chi connectivity index (χ4v) is 2.63. The summed E-state index contributed by atoms with van der Waals surface area (Å²) >= 11 is 0. The number of carbonyl (C=O) groups is 1. The van der Waals surface area contributed by atoms with Crippen molar-refractivity contribution in [1.82, 2.24) is 10.6 Å². The predicted molar refractivity (Wildman–Crippen MR) is 100 cm³/mol. The number of hydrogen-bond donors (Lipinski definition) is 3. The summed E-state index contributed by atoms with van der Waals surface area (Å²) in [6.45, 7) is 4.50. The van der Waals surface area contributed by atoms with Gasteiger partial charge in [-0.25, -0.2) is 0 Å². The maximum absolute atomic E-state index is 11.5. The van der Waals surface area contributed by atoms with Crippen LogP contribution in [0.25, 0.3) is 0 Å². The third-order valence-corrected chi connectivity index (χ3v) is 4.18. The lowest BCUT2D eigenvalue weighted by molar-refractivity contribution is -0.122. The van der Waals surface area contributed by atoms with E-state index in [4.69, 9.17) is 10.5 Å². The molecule has 2 rings (SSSR count). The largest absolute Gasteiger partial charge is 0.489 e. The first-order valence-electron chi connectivity index (χ1n) is 9.18. The summed E-state index contributed by atoms with van der Waals surface area (Å²) in [6.07, 6.45) is 4.70. The van der Waals surface area contributed by atoms with Crippen LogP contribution in [0.5, 0.6) is 5.75 Å². The van der Waals surface area contributed by atoms with Gasteiger partial charge in [0.05, 0.1) is 6.04 Å². The van der Waals surface area contributed by atoms with Crippen LogP contribution in [-0.4, -0.2) is 37.7 Å². The van der Waals surface area contributed by atoms with E-state index in [0.29, 0.717) is 13.0 Å². The molecule has 1 aliphatic heterocycles. The van der Waals surface area contributed by atoms with Crippen LogP contribution < -0.4 is 21.1 Å². The van der Waals surface area contributed by atoms with Crippen LogP contribution in [0, 0.1) is 11.8 Å². The number of carbonyl (C=O) groups excluding carboxylic acids is 1. The maximum Gasteiger partial charge on any atom is 0.236 e. The van der Waals surface area contributed by atoms with Gasteiger partial charge in [0.2, 0.25) is 5.91 Å². The Morgan fingerprint density at radius 2 is 2.40 bits per heavy atom. The van der Waals surface area contributed by atoms with Crippen LogP contribution in [0.3, 0.4) is 0 Å². The Morgan fingerprint density at radius 3 is 3.16 bits per heavy atom. The third kappa shape index (κ3) is 7.16. The molecule has 0 aliphatic carbocycles. The summed E-state index contributed by atoms with van der Waals surface area (Å²) in [5.74, 6) is 7.10. The second-order valence-electron chi connectivity index (χ2n) is 6.33. The van der Waals surface area contributed by atoms with Crippen molar-refractivity contribution < 1.29 is 9.53 Å². The van der Waals surface area contributed by atoms with E-state index in [2.05, 4.69) is 22.5 Å². The zero-order chi connectivity index (χ0) is 17.9. The minimum Gasteiger partial charge on any atom is -0.489 e. The lowest BCUT2D eigenvalue weighted by atomic mass is 10.1. The maximum atomic E-state index is 11.5. The van der Waals surface area contributed by atoms with Crippen molar-refractivity contribution in [2.24, 2.45) is 5.73 Å². The van der Waals surface area contributed by atoms with Crippen LogP contribution >= 0.6 is 0 Å². The molecule has 1 fully saturated rings. The van der Waals surface area contributed by atoms with E-state index in [-0.39, 0.29) is 12.0 Å². The molecule has 2 unspecified atom stereocenters. The number of amides is 1. The van der Waals surface area contributed by atoms with Crippen LogP contribution in [-0.2, 0) is 4.79 Å². The number of nitrogens with two attached hydrogens (primary N) is 1. The van der Waals surface area contributed by atoms with Gasteiger partial charge in [-0.15, -0.1) is 0 Å². The van der Waals surface area contributed by atoms with Gasteiger partial charge in [-0.05, 0) is 50.4 Å². The molecule has 5 heteroatoms. The lowest BCUT2D eigenvalue weighted by Crippen LogP contribution is -2.40. The first-order chi connectivity index (χ1) is 12.2. The SMILES string of the molecule is CCC(N)C(=O)NCCCC#Cc1cccc(OC2CCCNC2)c1. The highest BCUT2D eigenvalue weighted by atomic mass is 16.5. The highest BCUT2D eigenvalue weighted by Gasteiger charge is 2.14. The average Bonchev–Trinajstić information content (AvgIpc) is 2.64. The predicted octanol–water partition coefficient (Wildman–Crippen LogP) is 1.80. The molecular weight excluding hydrogens is 314 g/mol. The summed E-state index contributed by atoms with van der Waals surface area (Å²) in [4.78, 5) is 11.5. The Balaban J connectivity index is 1.72. The third-order valence-electron chi connectivity index (χ3n) is 4.18. The molecule has 1 heterocycles. The first kappa shape index (κ1) is 19.3. The van der Waals surface area contributed by atoms with Crippen molar-refractivity contribution in [2.75, 3.05) is 19.6 Å². The number of nitrogens with one attached hydrogen (secondary N) is 2. The Hall–Kier alpha value is -2.03. The highest BCUT2D eigenvalue weighted by molar-refractivity contribution is 5.81. The zero-order valence-electron chi connectivity index (χ0n) is 15.0. The molecule has 0 bridgehead atoms. The summed E-state index contributed by atoms with van der Waals surface area (Å²) < 4.78 is 6.01. The number of ether oxygens (including phenoxy) is 1. The minimum absolute atomic E-state index is 0.0856. The fourth-order valence-electron chi connectivity index (χ4n) is 2.63. The molecule has 25 heavy (non-hydrogen) atoms. The Morgan fingerprint density at radius 1 is 1.52 bits per heavy atom. The molecule has 1 aromatic rings. The molecule has 1 saturated heterocycles. The van der Waals surface area contributed by atoms with Gasteiger partial charge in [0.15, 0.2) is 0 Å². The molecular formula is C20H29N3O2. The molecule has 5 nitrogen and oxygen atoms in total. The first-order valence-corrected chi connectivity index (χ1v) is 9.18. The van der Waals surface area contributed by atoms with Gasteiger partial charge in [0.25, 0.3) is 0 Å². The summed E-state index contributed by atoms with van der Waals surface area (Å²) in [7, 11) is 0. The normalized spacial score (nSPS) is 17.9. The van der Waals surface area contributed by atoms with Gasteiger partial charge in [-0.2, -0.15) is 0 Å². The van der Waals surface area contributed by atoms with Gasteiger partial charge >= 0.3 is 0 Å². The lowest BCUT2D eigenvalue weighted by Gasteiger charge is -2.23. The second kappa shape index (κ2) is 10.8. The average molecular weight is 343 g/mol. The number of piperidine rings is 1. The molecule has 1 amide bonds. The van der Waals surface area contributed by atoms with Crippen molar-refractivity contribution in [2.45, 2.75) is 51.2 Å². The van der Waals surface area contributed by atoms with E-state index < -0.39 is 6.04 Å². The molecule has 0 spiro atoms. The molecule has 1 aromatic carbocycles. The van der Waals surface area contributed by atoms with Crippen molar-refractivity contribution in [3.63, 3.8) is 0 Å². The molecule has 2 atom stereocenters. The molecule has 0 aromatic heterocycles. The van der Waals surface area contributed by atoms with Crippen LogP contribution in [0.4, 0.5) is 0 Å². The van der Waals surface area contributed by atoms with Crippen LogP contribution in [0.1, 0.15) is 44.6 Å². The van der Waals surface area contributed by atoms with Crippen LogP contribution in [0.15, 0.2) is 24.3 Å². The Labute approximate surface area is 150 Å². The minimum atomic E-state index is -0.409. The summed E-state index contributed by atoms with van der Waals surface area (Å²) in [5.41, 5.74) is 6.62.